The Morgan fingerprint density at radius 3 is 2.72 bits per heavy atom. The summed E-state index contributed by atoms with van der Waals surface area (Å²) in [6, 6.07) is -0.0631. The number of carbonyl (C=O) groups is 1. The minimum Gasteiger partial charge on any atom is -0.466 e. The van der Waals surface area contributed by atoms with E-state index in [2.05, 4.69) is 0 Å². The van der Waals surface area contributed by atoms with Gasteiger partial charge in [-0.05, 0) is 20.4 Å². The molecule has 1 fully saturated rings. The molecule has 18 heavy (non-hydrogen) atoms. The maximum absolute atomic E-state index is 11.3. The van der Waals surface area contributed by atoms with Gasteiger partial charge in [-0.2, -0.15) is 0 Å². The van der Waals surface area contributed by atoms with Gasteiger partial charge < -0.3 is 9.84 Å². The topological polar surface area (TPSA) is 83.9 Å². The van der Waals surface area contributed by atoms with Gasteiger partial charge in [0, 0.05) is 12.6 Å². The number of sulfone groups is 1. The Morgan fingerprint density at radius 1 is 1.56 bits per heavy atom. The third-order valence-corrected chi connectivity index (χ3v) is 4.79. The third kappa shape index (κ3) is 4.91. The number of rotatable bonds is 6. The van der Waals surface area contributed by atoms with Crippen molar-refractivity contribution >= 4 is 15.8 Å². The van der Waals surface area contributed by atoms with Gasteiger partial charge in [0.05, 0.1) is 30.6 Å². The molecule has 0 spiro atoms. The van der Waals surface area contributed by atoms with Crippen molar-refractivity contribution in [3.05, 3.63) is 0 Å². The molecule has 0 radical (unpaired) electrons. The van der Waals surface area contributed by atoms with Crippen molar-refractivity contribution in [1.29, 1.82) is 0 Å². The summed E-state index contributed by atoms with van der Waals surface area (Å²) in [4.78, 5) is 13.0. The minimum atomic E-state index is -2.92. The molecular weight excluding hydrogens is 258 g/mol. The number of aliphatic hydroxyl groups excluding tert-OH is 1. The van der Waals surface area contributed by atoms with Crippen LogP contribution < -0.4 is 0 Å². The van der Waals surface area contributed by atoms with Gasteiger partial charge in [0.1, 0.15) is 0 Å². The van der Waals surface area contributed by atoms with Crippen LogP contribution in [0.5, 0.6) is 0 Å². The molecule has 7 heteroatoms. The van der Waals surface area contributed by atoms with Gasteiger partial charge in [-0.15, -0.1) is 0 Å². The Balaban J connectivity index is 2.36. The van der Waals surface area contributed by atoms with Crippen LogP contribution in [0.3, 0.4) is 0 Å². The minimum absolute atomic E-state index is 0.0579. The van der Waals surface area contributed by atoms with E-state index in [9.17, 15) is 18.3 Å². The highest BCUT2D eigenvalue weighted by Gasteiger charge is 2.31. The summed E-state index contributed by atoms with van der Waals surface area (Å²) < 4.78 is 27.4. The first-order valence-corrected chi connectivity index (χ1v) is 7.90. The maximum atomic E-state index is 11.3. The summed E-state index contributed by atoms with van der Waals surface area (Å²) in [6.07, 6.45) is -0.292. The Labute approximate surface area is 108 Å². The number of likely N-dealkylation sites (N-methyl/N-ethyl adjacent to an activating group) is 1. The zero-order chi connectivity index (χ0) is 13.8. The van der Waals surface area contributed by atoms with Gasteiger partial charge in [-0.1, -0.05) is 0 Å². The molecule has 1 saturated heterocycles. The number of ether oxygens (including phenoxy) is 1. The molecule has 2 unspecified atom stereocenters. The molecule has 0 saturated carbocycles. The summed E-state index contributed by atoms with van der Waals surface area (Å²) in [5, 5.41) is 9.72. The lowest BCUT2D eigenvalue weighted by molar-refractivity contribution is -0.145. The predicted molar refractivity (Wildman–Crippen MR) is 66.9 cm³/mol. The van der Waals surface area contributed by atoms with Crippen LogP contribution in [0.1, 0.15) is 19.8 Å². The van der Waals surface area contributed by atoms with Crippen molar-refractivity contribution < 1.29 is 23.1 Å². The molecule has 1 heterocycles. The number of esters is 1. The molecule has 106 valence electrons. The van der Waals surface area contributed by atoms with E-state index in [1.165, 1.54) is 0 Å². The predicted octanol–water partition coefficient (Wildman–Crippen LogP) is -0.581. The quantitative estimate of drug-likeness (QED) is 0.655. The van der Waals surface area contributed by atoms with E-state index < -0.39 is 21.9 Å². The van der Waals surface area contributed by atoms with Crippen LogP contribution in [-0.4, -0.2) is 68.2 Å². The number of hydrogen-bond donors (Lipinski definition) is 1. The van der Waals surface area contributed by atoms with Crippen LogP contribution >= 0.6 is 0 Å². The second-order valence-corrected chi connectivity index (χ2v) is 6.89. The summed E-state index contributed by atoms with van der Waals surface area (Å²) in [6.45, 7) is 2.28. The van der Waals surface area contributed by atoms with Crippen molar-refractivity contribution in [3.63, 3.8) is 0 Å². The van der Waals surface area contributed by atoms with Crippen LogP contribution in [-0.2, 0) is 19.4 Å². The molecule has 2 atom stereocenters. The average molecular weight is 279 g/mol. The molecule has 1 aliphatic rings. The first-order chi connectivity index (χ1) is 8.34. The summed E-state index contributed by atoms with van der Waals surface area (Å²) in [7, 11) is -1.16. The lowest BCUT2D eigenvalue weighted by Crippen LogP contribution is -2.39. The van der Waals surface area contributed by atoms with Crippen LogP contribution in [0, 0.1) is 0 Å². The van der Waals surface area contributed by atoms with Crippen molar-refractivity contribution in [3.8, 4) is 0 Å². The molecule has 0 aromatic carbocycles. The number of nitrogens with zero attached hydrogens (tertiary/aromatic N) is 1. The fraction of sp³-hybridized carbons (Fsp3) is 0.909. The molecule has 0 aliphatic carbocycles. The van der Waals surface area contributed by atoms with Crippen LogP contribution in [0.4, 0.5) is 0 Å². The van der Waals surface area contributed by atoms with Gasteiger partial charge in [0.15, 0.2) is 9.84 Å². The molecule has 0 aromatic rings. The molecular formula is C11H21NO5S. The monoisotopic (exact) mass is 279 g/mol. The third-order valence-electron chi connectivity index (χ3n) is 3.04. The smallest absolute Gasteiger partial charge is 0.308 e. The normalized spacial score (nSPS) is 24.1. The zero-order valence-electron chi connectivity index (χ0n) is 10.8. The molecule has 0 aromatic heterocycles. The summed E-state index contributed by atoms with van der Waals surface area (Å²) >= 11 is 0. The Morgan fingerprint density at radius 2 is 2.22 bits per heavy atom. The van der Waals surface area contributed by atoms with Crippen LogP contribution in [0.25, 0.3) is 0 Å². The molecule has 1 rings (SSSR count). The first kappa shape index (κ1) is 15.4. The number of hydrogen-bond acceptors (Lipinski definition) is 6. The highest BCUT2D eigenvalue weighted by atomic mass is 32.2. The zero-order valence-corrected chi connectivity index (χ0v) is 11.6. The second kappa shape index (κ2) is 6.49. The highest BCUT2D eigenvalue weighted by molar-refractivity contribution is 7.91. The Hall–Kier alpha value is -0.660. The average Bonchev–Trinajstić information content (AvgIpc) is 2.58. The highest BCUT2D eigenvalue weighted by Crippen LogP contribution is 2.16. The number of aliphatic hydroxyl groups is 1. The second-order valence-electron chi connectivity index (χ2n) is 4.66. The van der Waals surface area contributed by atoms with Gasteiger partial charge in [-0.3, -0.25) is 9.69 Å². The maximum Gasteiger partial charge on any atom is 0.308 e. The number of carbonyl (C=O) groups excluding carboxylic acids is 1. The van der Waals surface area contributed by atoms with Gasteiger partial charge in [0.2, 0.25) is 0 Å². The van der Waals surface area contributed by atoms with Crippen molar-refractivity contribution in [1.82, 2.24) is 4.90 Å². The van der Waals surface area contributed by atoms with Gasteiger partial charge in [0.25, 0.3) is 0 Å². The van der Waals surface area contributed by atoms with Gasteiger partial charge in [-0.25, -0.2) is 8.42 Å². The van der Waals surface area contributed by atoms with Crippen molar-refractivity contribution in [2.24, 2.45) is 0 Å². The standard InChI is InChI=1S/C11H21NO5S/c1-3-17-11(14)6-10(13)7-12(2)9-4-5-18(15,16)8-9/h9-10,13H,3-8H2,1-2H3. The van der Waals surface area contributed by atoms with Crippen molar-refractivity contribution in [2.75, 3.05) is 31.7 Å². The lowest BCUT2D eigenvalue weighted by atomic mass is 10.2. The molecule has 0 bridgehead atoms. The van der Waals surface area contributed by atoms with E-state index >= 15 is 0 Å². The summed E-state index contributed by atoms with van der Waals surface area (Å²) in [5.74, 6) is -0.0940. The SMILES string of the molecule is CCOC(=O)CC(O)CN(C)C1CCS(=O)(=O)C1. The van der Waals surface area contributed by atoms with Gasteiger partial charge >= 0.3 is 5.97 Å². The largest absolute Gasteiger partial charge is 0.466 e. The molecule has 1 aliphatic heterocycles. The van der Waals surface area contributed by atoms with Crippen molar-refractivity contribution in [2.45, 2.75) is 31.9 Å². The van der Waals surface area contributed by atoms with E-state index in [-0.39, 0.29) is 30.5 Å². The fourth-order valence-electron chi connectivity index (χ4n) is 2.08. The van der Waals surface area contributed by atoms with E-state index in [4.69, 9.17) is 4.74 Å². The van der Waals surface area contributed by atoms with E-state index in [0.29, 0.717) is 13.0 Å². The Bertz CT molecular complexity index is 381. The van der Waals surface area contributed by atoms with E-state index in [1.54, 1.807) is 18.9 Å². The molecule has 1 N–H and O–H groups in total. The lowest BCUT2D eigenvalue weighted by Gasteiger charge is -2.25. The molecule has 0 amide bonds. The first-order valence-electron chi connectivity index (χ1n) is 6.08. The summed E-state index contributed by atoms with van der Waals surface area (Å²) in [5.41, 5.74) is 0. The van der Waals surface area contributed by atoms with Crippen LogP contribution in [0.2, 0.25) is 0 Å². The molecule has 6 nitrogen and oxygen atoms in total. The van der Waals surface area contributed by atoms with Crippen LogP contribution in [0.15, 0.2) is 0 Å². The van der Waals surface area contributed by atoms with E-state index in [0.717, 1.165) is 0 Å². The van der Waals surface area contributed by atoms with E-state index in [1.807, 2.05) is 0 Å². The Kier molecular flexibility index (Phi) is 5.55. The fourth-order valence-corrected chi connectivity index (χ4v) is 3.89.